The molecule has 30 heavy (non-hydrogen) atoms. The van der Waals surface area contributed by atoms with Gasteiger partial charge in [0.05, 0.1) is 5.69 Å². The van der Waals surface area contributed by atoms with Crippen LogP contribution in [0.5, 0.6) is 0 Å². The Morgan fingerprint density at radius 1 is 1.07 bits per heavy atom. The maximum atomic E-state index is 11.5. The summed E-state index contributed by atoms with van der Waals surface area (Å²) in [4.78, 5) is 25.8. The fourth-order valence-corrected chi connectivity index (χ4v) is 4.03. The Hall–Kier alpha value is -2.73. The number of piperazine rings is 1. The van der Waals surface area contributed by atoms with Crippen molar-refractivity contribution in [1.82, 2.24) is 14.9 Å². The predicted octanol–water partition coefficient (Wildman–Crippen LogP) is 3.54. The predicted molar refractivity (Wildman–Crippen MR) is 122 cm³/mol. The molecule has 2 aliphatic rings. The molecular formula is C24H31N5O. The lowest BCUT2D eigenvalue weighted by atomic mass is 10.1. The summed E-state index contributed by atoms with van der Waals surface area (Å²) < 4.78 is 0. The van der Waals surface area contributed by atoms with E-state index >= 15 is 0 Å². The van der Waals surface area contributed by atoms with Gasteiger partial charge < -0.3 is 10.2 Å². The molecule has 158 valence electrons. The molecule has 0 atom stereocenters. The molecule has 0 saturated carbocycles. The lowest BCUT2D eigenvalue weighted by molar-refractivity contribution is -0.116. The van der Waals surface area contributed by atoms with Gasteiger partial charge in [-0.3, -0.25) is 9.69 Å². The molecule has 2 aromatic heterocycles. The van der Waals surface area contributed by atoms with E-state index in [1.54, 1.807) is 0 Å². The number of rotatable bonds is 7. The van der Waals surface area contributed by atoms with E-state index in [1.807, 2.05) is 6.07 Å². The summed E-state index contributed by atoms with van der Waals surface area (Å²) in [5.41, 5.74) is 3.20. The molecule has 0 aliphatic carbocycles. The number of hydrogen-bond acceptors (Lipinski definition) is 5. The van der Waals surface area contributed by atoms with Crippen molar-refractivity contribution in [3.63, 3.8) is 0 Å². The molecule has 1 amide bonds. The summed E-state index contributed by atoms with van der Waals surface area (Å²) >= 11 is 0. The van der Waals surface area contributed by atoms with Crippen molar-refractivity contribution >= 4 is 23.6 Å². The molecule has 6 heteroatoms. The first-order chi connectivity index (χ1) is 14.7. The fourth-order valence-electron chi connectivity index (χ4n) is 4.03. The number of pyridine rings is 2. The summed E-state index contributed by atoms with van der Waals surface area (Å²) in [7, 11) is 0. The van der Waals surface area contributed by atoms with Crippen LogP contribution in [0.4, 0.5) is 11.6 Å². The first kappa shape index (κ1) is 20.5. The molecule has 0 unspecified atom stereocenters. The van der Waals surface area contributed by atoms with Crippen molar-refractivity contribution in [1.29, 1.82) is 0 Å². The van der Waals surface area contributed by atoms with E-state index in [0.717, 1.165) is 87.0 Å². The van der Waals surface area contributed by atoms with Gasteiger partial charge in [-0.2, -0.15) is 0 Å². The topological polar surface area (TPSA) is 61.4 Å². The zero-order valence-corrected chi connectivity index (χ0v) is 17.8. The Morgan fingerprint density at radius 2 is 1.93 bits per heavy atom. The molecule has 1 fully saturated rings. The fraction of sp³-hybridized carbons (Fsp3) is 0.458. The van der Waals surface area contributed by atoms with Crippen molar-refractivity contribution in [2.45, 2.75) is 39.0 Å². The Labute approximate surface area is 179 Å². The lowest BCUT2D eigenvalue weighted by Gasteiger charge is -2.35. The van der Waals surface area contributed by atoms with Crippen molar-refractivity contribution in [2.75, 3.05) is 42.9 Å². The second-order valence-corrected chi connectivity index (χ2v) is 8.01. The molecule has 2 aliphatic heterocycles. The second-order valence-electron chi connectivity index (χ2n) is 8.01. The van der Waals surface area contributed by atoms with Crippen molar-refractivity contribution in [2.24, 2.45) is 0 Å². The van der Waals surface area contributed by atoms with Gasteiger partial charge in [-0.1, -0.05) is 25.1 Å². The summed E-state index contributed by atoms with van der Waals surface area (Å²) in [6, 6.07) is 10.5. The number of fused-ring (bicyclic) bond motifs is 1. The van der Waals surface area contributed by atoms with Gasteiger partial charge in [-0.25, -0.2) is 9.97 Å². The van der Waals surface area contributed by atoms with Gasteiger partial charge in [-0.05, 0) is 62.1 Å². The average molecular weight is 406 g/mol. The van der Waals surface area contributed by atoms with E-state index in [1.165, 1.54) is 0 Å². The van der Waals surface area contributed by atoms with Crippen LogP contribution in [-0.4, -0.2) is 53.5 Å². The average Bonchev–Trinajstić information content (AvgIpc) is 2.79. The first-order valence-corrected chi connectivity index (χ1v) is 11.1. The number of unbranched alkanes of at least 4 members (excludes halogenated alkanes) is 1. The number of aromatic nitrogens is 2. The summed E-state index contributed by atoms with van der Waals surface area (Å²) in [5, 5.41) is 2.87. The smallest absolute Gasteiger partial charge is 0.225 e. The Kier molecular flexibility index (Phi) is 6.74. The number of allylic oxidation sites excluding steroid dienone is 1. The standard InChI is InChI=1S/C24H31N5O/c1-2-20-8-6-9-22(25-20)29-17-15-28(16-18-29)14-5-3-4-7-21-12-10-19-11-13-23(30)27-24(19)26-21/h4,6-10,12H,2-3,5,11,13-18H2,1H3,(H,26,27,30)/b7-4+. The van der Waals surface area contributed by atoms with Crippen LogP contribution < -0.4 is 10.2 Å². The number of amides is 1. The number of nitrogens with one attached hydrogen (secondary N) is 1. The number of carbonyl (C=O) groups is 1. The van der Waals surface area contributed by atoms with Crippen LogP contribution in [-0.2, 0) is 17.6 Å². The third kappa shape index (κ3) is 5.25. The SMILES string of the molecule is CCc1cccc(N2CCN(CCC/C=C/c3ccc4c(n3)NC(=O)CC4)CC2)n1. The zero-order chi connectivity index (χ0) is 20.8. The molecule has 6 nitrogen and oxygen atoms in total. The monoisotopic (exact) mass is 405 g/mol. The van der Waals surface area contributed by atoms with Crippen LogP contribution in [0.15, 0.2) is 36.4 Å². The molecule has 0 radical (unpaired) electrons. The summed E-state index contributed by atoms with van der Waals surface area (Å²) in [6.45, 7) is 7.54. The van der Waals surface area contributed by atoms with E-state index in [2.05, 4.69) is 63.4 Å². The van der Waals surface area contributed by atoms with E-state index in [9.17, 15) is 4.79 Å². The van der Waals surface area contributed by atoms with Gasteiger partial charge in [0.25, 0.3) is 0 Å². The molecule has 4 heterocycles. The number of hydrogen-bond donors (Lipinski definition) is 1. The molecule has 0 spiro atoms. The third-order valence-electron chi connectivity index (χ3n) is 5.86. The maximum absolute atomic E-state index is 11.5. The van der Waals surface area contributed by atoms with Gasteiger partial charge in [0.15, 0.2) is 0 Å². The molecule has 1 N–H and O–H groups in total. The van der Waals surface area contributed by atoms with Crippen molar-refractivity contribution < 1.29 is 4.79 Å². The van der Waals surface area contributed by atoms with Crippen molar-refractivity contribution in [3.8, 4) is 0 Å². The maximum Gasteiger partial charge on any atom is 0.225 e. The first-order valence-electron chi connectivity index (χ1n) is 11.1. The number of anilines is 2. The van der Waals surface area contributed by atoms with Crippen LogP contribution in [0.3, 0.4) is 0 Å². The molecule has 1 saturated heterocycles. The minimum absolute atomic E-state index is 0.0603. The van der Waals surface area contributed by atoms with Crippen LogP contribution in [0.2, 0.25) is 0 Å². The Morgan fingerprint density at radius 3 is 2.77 bits per heavy atom. The second kappa shape index (κ2) is 9.85. The number of nitrogens with zero attached hydrogens (tertiary/aromatic N) is 4. The highest BCUT2D eigenvalue weighted by atomic mass is 16.1. The van der Waals surface area contributed by atoms with Crippen LogP contribution in [0.1, 0.15) is 43.1 Å². The highest BCUT2D eigenvalue weighted by Crippen LogP contribution is 2.21. The Balaban J connectivity index is 1.19. The van der Waals surface area contributed by atoms with E-state index in [-0.39, 0.29) is 5.91 Å². The van der Waals surface area contributed by atoms with Crippen LogP contribution in [0.25, 0.3) is 6.08 Å². The minimum atomic E-state index is 0.0603. The van der Waals surface area contributed by atoms with Crippen LogP contribution in [0, 0.1) is 0 Å². The number of carbonyl (C=O) groups excluding carboxylic acids is 1. The largest absolute Gasteiger partial charge is 0.354 e. The van der Waals surface area contributed by atoms with Gasteiger partial charge >= 0.3 is 0 Å². The highest BCUT2D eigenvalue weighted by Gasteiger charge is 2.18. The minimum Gasteiger partial charge on any atom is -0.354 e. The summed E-state index contributed by atoms with van der Waals surface area (Å²) in [6.07, 6.45) is 8.75. The highest BCUT2D eigenvalue weighted by molar-refractivity contribution is 5.92. The van der Waals surface area contributed by atoms with Gasteiger partial charge in [0.2, 0.25) is 5.91 Å². The van der Waals surface area contributed by atoms with Gasteiger partial charge in [0, 0.05) is 38.3 Å². The van der Waals surface area contributed by atoms with E-state index in [0.29, 0.717) is 6.42 Å². The third-order valence-corrected chi connectivity index (χ3v) is 5.86. The van der Waals surface area contributed by atoms with Crippen molar-refractivity contribution in [3.05, 3.63) is 53.4 Å². The molecule has 0 aromatic carbocycles. The normalized spacial score (nSPS) is 17.2. The molecular weight excluding hydrogens is 374 g/mol. The Bertz CT molecular complexity index is 902. The van der Waals surface area contributed by atoms with Gasteiger partial charge in [0.1, 0.15) is 11.6 Å². The zero-order valence-electron chi connectivity index (χ0n) is 17.8. The quantitative estimate of drug-likeness (QED) is 0.714. The van der Waals surface area contributed by atoms with Gasteiger partial charge in [-0.15, -0.1) is 0 Å². The number of aryl methyl sites for hydroxylation is 2. The molecule has 0 bridgehead atoms. The van der Waals surface area contributed by atoms with E-state index in [4.69, 9.17) is 4.98 Å². The molecule has 2 aromatic rings. The van der Waals surface area contributed by atoms with E-state index < -0.39 is 0 Å². The van der Waals surface area contributed by atoms with Crippen LogP contribution >= 0.6 is 0 Å². The molecule has 4 rings (SSSR count). The summed E-state index contributed by atoms with van der Waals surface area (Å²) in [5.74, 6) is 1.90. The lowest BCUT2D eigenvalue weighted by Crippen LogP contribution is -2.46.